The van der Waals surface area contributed by atoms with E-state index in [4.69, 9.17) is 11.6 Å². The number of rotatable bonds is 4. The minimum Gasteiger partial charge on any atom is -0.313 e. The predicted molar refractivity (Wildman–Crippen MR) is 74.4 cm³/mol. The molecule has 1 aliphatic rings. The molecule has 0 radical (unpaired) electrons. The Bertz CT molecular complexity index is 442. The van der Waals surface area contributed by atoms with Crippen LogP contribution in [-0.2, 0) is 0 Å². The van der Waals surface area contributed by atoms with Crippen LogP contribution in [0.15, 0.2) is 29.8 Å². The molecule has 1 atom stereocenters. The Hall–Kier alpha value is -0.860. The minimum atomic E-state index is -0.224. The molecule has 18 heavy (non-hydrogen) atoms. The first-order valence-corrected chi connectivity index (χ1v) is 6.88. The Morgan fingerprint density at radius 3 is 2.83 bits per heavy atom. The molecular weight excluding hydrogens is 249 g/mol. The van der Waals surface area contributed by atoms with E-state index in [2.05, 4.69) is 11.4 Å². The van der Waals surface area contributed by atoms with Crippen LogP contribution in [0, 0.1) is 5.82 Å². The van der Waals surface area contributed by atoms with Gasteiger partial charge in [0.15, 0.2) is 0 Å². The summed E-state index contributed by atoms with van der Waals surface area (Å²) in [5.74, 6) is -0.224. The van der Waals surface area contributed by atoms with Gasteiger partial charge in [0.1, 0.15) is 5.82 Å². The molecule has 0 heterocycles. The molecule has 0 saturated carbocycles. The van der Waals surface area contributed by atoms with Gasteiger partial charge in [0.25, 0.3) is 0 Å². The summed E-state index contributed by atoms with van der Waals surface area (Å²) in [4.78, 5) is 0. The van der Waals surface area contributed by atoms with Crippen LogP contribution in [0.2, 0.25) is 5.02 Å². The van der Waals surface area contributed by atoms with Gasteiger partial charge in [0, 0.05) is 16.6 Å². The number of hydrogen-bond donors (Lipinski definition) is 1. The van der Waals surface area contributed by atoms with Crippen molar-refractivity contribution < 1.29 is 4.39 Å². The van der Waals surface area contributed by atoms with E-state index in [1.165, 1.54) is 24.5 Å². The molecule has 0 aromatic heterocycles. The van der Waals surface area contributed by atoms with E-state index in [0.717, 1.165) is 19.3 Å². The lowest BCUT2D eigenvalue weighted by Gasteiger charge is -2.21. The first kappa shape index (κ1) is 13.6. The van der Waals surface area contributed by atoms with E-state index in [0.29, 0.717) is 10.6 Å². The largest absolute Gasteiger partial charge is 0.313 e. The van der Waals surface area contributed by atoms with Crippen LogP contribution in [0.3, 0.4) is 0 Å². The first-order valence-electron chi connectivity index (χ1n) is 6.51. The Morgan fingerprint density at radius 1 is 1.39 bits per heavy atom. The zero-order valence-corrected chi connectivity index (χ0v) is 11.4. The highest BCUT2D eigenvalue weighted by Crippen LogP contribution is 2.29. The maximum absolute atomic E-state index is 13.9. The van der Waals surface area contributed by atoms with Crippen LogP contribution in [0.25, 0.3) is 0 Å². The van der Waals surface area contributed by atoms with E-state index in [1.54, 1.807) is 12.1 Å². The Morgan fingerprint density at radius 2 is 2.22 bits per heavy atom. The Balaban J connectivity index is 2.14. The molecule has 0 saturated heterocycles. The highest BCUT2D eigenvalue weighted by Gasteiger charge is 2.16. The van der Waals surface area contributed by atoms with E-state index < -0.39 is 0 Å². The summed E-state index contributed by atoms with van der Waals surface area (Å²) in [5.41, 5.74) is 2.14. The molecule has 1 aromatic carbocycles. The van der Waals surface area contributed by atoms with Crippen molar-refractivity contribution in [2.45, 2.75) is 38.1 Å². The molecule has 0 aliphatic heterocycles. The van der Waals surface area contributed by atoms with E-state index in [1.807, 2.05) is 7.05 Å². The lowest BCUT2D eigenvalue weighted by atomic mass is 9.91. The van der Waals surface area contributed by atoms with Crippen molar-refractivity contribution in [1.82, 2.24) is 5.32 Å². The topological polar surface area (TPSA) is 12.0 Å². The molecule has 1 aromatic rings. The summed E-state index contributed by atoms with van der Waals surface area (Å²) in [5, 5.41) is 3.65. The lowest BCUT2D eigenvalue weighted by molar-refractivity contribution is 0.519. The third kappa shape index (κ3) is 3.33. The number of hydrogen-bond acceptors (Lipinski definition) is 1. The van der Waals surface area contributed by atoms with Crippen molar-refractivity contribution >= 4 is 11.6 Å². The maximum atomic E-state index is 13.9. The van der Waals surface area contributed by atoms with Crippen molar-refractivity contribution in [3.05, 3.63) is 46.3 Å². The molecule has 0 spiro atoms. The van der Waals surface area contributed by atoms with Gasteiger partial charge in [-0.25, -0.2) is 4.39 Å². The molecular formula is C15H19ClFN. The SMILES string of the molecule is CNC(CC1=CCCCC1)c1ccc(Cl)cc1F. The maximum Gasteiger partial charge on any atom is 0.129 e. The van der Waals surface area contributed by atoms with Gasteiger partial charge in [0.2, 0.25) is 0 Å². The van der Waals surface area contributed by atoms with Crippen molar-refractivity contribution in [3.8, 4) is 0 Å². The van der Waals surface area contributed by atoms with Crippen molar-refractivity contribution in [1.29, 1.82) is 0 Å². The monoisotopic (exact) mass is 267 g/mol. The van der Waals surface area contributed by atoms with E-state index >= 15 is 0 Å². The second-order valence-corrected chi connectivity index (χ2v) is 5.26. The number of halogens is 2. The predicted octanol–water partition coefficient (Wildman–Crippen LogP) is 4.63. The van der Waals surface area contributed by atoms with Gasteiger partial charge in [-0.2, -0.15) is 0 Å². The van der Waals surface area contributed by atoms with Gasteiger partial charge in [-0.1, -0.05) is 29.3 Å². The summed E-state index contributed by atoms with van der Waals surface area (Å²) in [6.45, 7) is 0. The first-order chi connectivity index (χ1) is 8.70. The third-order valence-corrected chi connectivity index (χ3v) is 3.77. The van der Waals surface area contributed by atoms with Crippen molar-refractivity contribution in [3.63, 3.8) is 0 Å². The smallest absolute Gasteiger partial charge is 0.129 e. The molecule has 1 aliphatic carbocycles. The fourth-order valence-corrected chi connectivity index (χ4v) is 2.66. The summed E-state index contributed by atoms with van der Waals surface area (Å²) < 4.78 is 13.9. The van der Waals surface area contributed by atoms with Crippen LogP contribution >= 0.6 is 11.6 Å². The average Bonchev–Trinajstić information content (AvgIpc) is 2.38. The van der Waals surface area contributed by atoms with Crippen LogP contribution < -0.4 is 5.32 Å². The van der Waals surface area contributed by atoms with Gasteiger partial charge >= 0.3 is 0 Å². The molecule has 98 valence electrons. The van der Waals surface area contributed by atoms with E-state index in [-0.39, 0.29) is 11.9 Å². The number of benzene rings is 1. The zero-order chi connectivity index (χ0) is 13.0. The summed E-state index contributed by atoms with van der Waals surface area (Å²) in [6, 6.07) is 4.95. The van der Waals surface area contributed by atoms with Crippen LogP contribution in [-0.4, -0.2) is 7.05 Å². The Kier molecular flexibility index (Phi) is 4.79. The molecule has 3 heteroatoms. The molecule has 1 nitrogen and oxygen atoms in total. The highest BCUT2D eigenvalue weighted by atomic mass is 35.5. The minimum absolute atomic E-state index is 0.0339. The number of allylic oxidation sites excluding steroid dienone is 1. The van der Waals surface area contributed by atoms with Gasteiger partial charge < -0.3 is 5.32 Å². The van der Waals surface area contributed by atoms with E-state index in [9.17, 15) is 4.39 Å². The van der Waals surface area contributed by atoms with Crippen molar-refractivity contribution in [2.24, 2.45) is 0 Å². The van der Waals surface area contributed by atoms with Gasteiger partial charge in [-0.3, -0.25) is 0 Å². The molecule has 0 bridgehead atoms. The fraction of sp³-hybridized carbons (Fsp3) is 0.467. The lowest BCUT2D eigenvalue weighted by Crippen LogP contribution is -2.18. The third-order valence-electron chi connectivity index (χ3n) is 3.54. The normalized spacial score (nSPS) is 17.4. The fourth-order valence-electron chi connectivity index (χ4n) is 2.50. The highest BCUT2D eigenvalue weighted by molar-refractivity contribution is 6.30. The average molecular weight is 268 g/mol. The summed E-state index contributed by atoms with van der Waals surface area (Å²) in [7, 11) is 1.88. The van der Waals surface area contributed by atoms with Crippen LogP contribution in [0.4, 0.5) is 4.39 Å². The van der Waals surface area contributed by atoms with Crippen LogP contribution in [0.5, 0.6) is 0 Å². The number of nitrogens with one attached hydrogen (secondary N) is 1. The van der Waals surface area contributed by atoms with Crippen LogP contribution in [0.1, 0.15) is 43.7 Å². The molecule has 2 rings (SSSR count). The molecule has 1 N–H and O–H groups in total. The molecule has 1 unspecified atom stereocenters. The van der Waals surface area contributed by atoms with Gasteiger partial charge in [-0.15, -0.1) is 0 Å². The molecule has 0 fully saturated rings. The van der Waals surface area contributed by atoms with Crippen molar-refractivity contribution in [2.75, 3.05) is 7.05 Å². The molecule has 0 amide bonds. The quantitative estimate of drug-likeness (QED) is 0.785. The second-order valence-electron chi connectivity index (χ2n) is 4.82. The summed E-state index contributed by atoms with van der Waals surface area (Å²) >= 11 is 5.78. The zero-order valence-electron chi connectivity index (χ0n) is 10.7. The van der Waals surface area contributed by atoms with Gasteiger partial charge in [-0.05, 0) is 51.3 Å². The summed E-state index contributed by atoms with van der Waals surface area (Å²) in [6.07, 6.45) is 8.04. The van der Waals surface area contributed by atoms with Gasteiger partial charge in [0.05, 0.1) is 0 Å². The second kappa shape index (κ2) is 6.35. The standard InChI is InChI=1S/C15H19ClFN/c1-18-15(9-11-5-3-2-4-6-11)13-8-7-12(16)10-14(13)17/h5,7-8,10,15,18H,2-4,6,9H2,1H3. The Labute approximate surface area is 113 Å².